The van der Waals surface area contributed by atoms with E-state index in [1.165, 1.54) is 0 Å². The van der Waals surface area contributed by atoms with Crippen molar-refractivity contribution in [1.29, 1.82) is 0 Å². The number of rotatable bonds is 6. The predicted octanol–water partition coefficient (Wildman–Crippen LogP) is 4.23. The van der Waals surface area contributed by atoms with E-state index in [-0.39, 0.29) is 35.8 Å². The summed E-state index contributed by atoms with van der Waals surface area (Å²) in [6.45, 7) is 2.66. The van der Waals surface area contributed by atoms with Gasteiger partial charge >= 0.3 is 0 Å². The highest BCUT2D eigenvalue weighted by Gasteiger charge is 2.13. The van der Waals surface area contributed by atoms with Crippen LogP contribution < -0.4 is 15.4 Å². The van der Waals surface area contributed by atoms with E-state index in [1.54, 1.807) is 20.2 Å². The number of nitrogens with one attached hydrogen (secondary N) is 2. The van der Waals surface area contributed by atoms with E-state index in [0.29, 0.717) is 24.7 Å². The van der Waals surface area contributed by atoms with E-state index in [4.69, 9.17) is 9.15 Å². The lowest BCUT2D eigenvalue weighted by Crippen LogP contribution is -2.39. The van der Waals surface area contributed by atoms with Gasteiger partial charge < -0.3 is 24.9 Å². The summed E-state index contributed by atoms with van der Waals surface area (Å²) in [5.41, 5.74) is 1.73. The average molecular weight is 495 g/mol. The minimum Gasteiger partial charge on any atom is -0.508 e. The second kappa shape index (κ2) is 10.2. The minimum atomic E-state index is -0.0296. The normalized spacial score (nSPS) is 12.3. The van der Waals surface area contributed by atoms with Gasteiger partial charge in [-0.15, -0.1) is 24.0 Å². The number of hydrogen-bond acceptors (Lipinski definition) is 4. The Kier molecular flexibility index (Phi) is 7.98. The molecular formula is C21H26IN3O3. The molecule has 0 aliphatic heterocycles. The zero-order valence-electron chi connectivity index (χ0n) is 16.2. The number of hydrogen-bond donors (Lipinski definition) is 3. The molecule has 0 fully saturated rings. The van der Waals surface area contributed by atoms with E-state index < -0.39 is 0 Å². The lowest BCUT2D eigenvalue weighted by atomic mass is 10.1. The molecule has 6 nitrogen and oxygen atoms in total. The molecule has 3 rings (SSSR count). The van der Waals surface area contributed by atoms with Crippen LogP contribution in [-0.2, 0) is 6.42 Å². The molecule has 0 radical (unpaired) electrons. The summed E-state index contributed by atoms with van der Waals surface area (Å²) in [7, 11) is 3.31. The monoisotopic (exact) mass is 495 g/mol. The number of halogens is 1. The summed E-state index contributed by atoms with van der Waals surface area (Å²) in [5.74, 6) is 2.40. The first-order valence-corrected chi connectivity index (χ1v) is 8.92. The molecule has 0 bridgehead atoms. The number of fused-ring (bicyclic) bond motifs is 1. The van der Waals surface area contributed by atoms with Crippen LogP contribution in [0.25, 0.3) is 11.0 Å². The summed E-state index contributed by atoms with van der Waals surface area (Å²) in [4.78, 5) is 4.26. The Bertz CT molecular complexity index is 907. The summed E-state index contributed by atoms with van der Waals surface area (Å²) in [5, 5.41) is 17.7. The third kappa shape index (κ3) is 5.31. The molecule has 0 spiro atoms. The van der Waals surface area contributed by atoms with Gasteiger partial charge in [0.1, 0.15) is 22.8 Å². The molecular weight excluding hydrogens is 469 g/mol. The molecule has 1 aromatic heterocycles. The number of aliphatic imine (C=N–C) groups is 1. The van der Waals surface area contributed by atoms with E-state index in [9.17, 15) is 5.11 Å². The van der Waals surface area contributed by atoms with Crippen molar-refractivity contribution >= 4 is 40.9 Å². The largest absolute Gasteiger partial charge is 0.508 e. The Balaban J connectivity index is 0.00000280. The predicted molar refractivity (Wildman–Crippen MR) is 123 cm³/mol. The molecule has 0 saturated heterocycles. The number of aromatic hydroxyl groups is 1. The lowest BCUT2D eigenvalue weighted by molar-refractivity contribution is 0.406. The first-order chi connectivity index (χ1) is 13.1. The highest BCUT2D eigenvalue weighted by Crippen LogP contribution is 2.24. The molecule has 0 saturated carbocycles. The summed E-state index contributed by atoms with van der Waals surface area (Å²) < 4.78 is 11.0. The van der Waals surface area contributed by atoms with Gasteiger partial charge in [0.25, 0.3) is 0 Å². The number of ether oxygens (including phenoxy) is 1. The number of furan rings is 1. The van der Waals surface area contributed by atoms with Crippen LogP contribution in [-0.4, -0.2) is 31.8 Å². The van der Waals surface area contributed by atoms with Gasteiger partial charge in [0.05, 0.1) is 13.2 Å². The third-order valence-corrected chi connectivity index (χ3v) is 4.43. The average Bonchev–Trinajstić information content (AvgIpc) is 3.12. The first-order valence-electron chi connectivity index (χ1n) is 8.92. The minimum absolute atomic E-state index is 0. The van der Waals surface area contributed by atoms with Gasteiger partial charge in [0, 0.05) is 25.0 Å². The van der Waals surface area contributed by atoms with Gasteiger partial charge in [0.15, 0.2) is 5.96 Å². The van der Waals surface area contributed by atoms with Crippen LogP contribution in [0.1, 0.15) is 24.3 Å². The third-order valence-electron chi connectivity index (χ3n) is 4.43. The van der Waals surface area contributed by atoms with Gasteiger partial charge in [-0.3, -0.25) is 4.99 Å². The molecule has 2 aromatic carbocycles. The zero-order chi connectivity index (χ0) is 19.2. The number of nitrogens with zero attached hydrogens (tertiary/aromatic N) is 1. The maximum Gasteiger partial charge on any atom is 0.191 e. The van der Waals surface area contributed by atoms with E-state index in [1.807, 2.05) is 49.4 Å². The van der Waals surface area contributed by atoms with Crippen LogP contribution in [0.2, 0.25) is 0 Å². The van der Waals surface area contributed by atoms with Gasteiger partial charge in [-0.2, -0.15) is 0 Å². The molecule has 3 aromatic rings. The highest BCUT2D eigenvalue weighted by atomic mass is 127. The van der Waals surface area contributed by atoms with E-state index >= 15 is 0 Å². The van der Waals surface area contributed by atoms with Crippen LogP contribution in [0.15, 0.2) is 57.9 Å². The number of methoxy groups -OCH3 is 1. The Morgan fingerprint density at radius 2 is 2.00 bits per heavy atom. The van der Waals surface area contributed by atoms with Crippen LogP contribution in [0.3, 0.4) is 0 Å². The van der Waals surface area contributed by atoms with Crippen LogP contribution in [0.4, 0.5) is 0 Å². The van der Waals surface area contributed by atoms with E-state index in [2.05, 4.69) is 15.6 Å². The molecule has 0 aliphatic carbocycles. The Hall–Kier alpha value is -2.42. The van der Waals surface area contributed by atoms with Crippen molar-refractivity contribution in [1.82, 2.24) is 10.6 Å². The van der Waals surface area contributed by atoms with Crippen LogP contribution in [0.5, 0.6) is 11.5 Å². The number of para-hydroxylation sites is 1. The Labute approximate surface area is 182 Å². The number of phenolic OH excluding ortho intramolecular Hbond substituents is 1. The molecule has 0 amide bonds. The maximum absolute atomic E-state index is 10.0. The second-order valence-corrected chi connectivity index (χ2v) is 6.30. The fourth-order valence-electron chi connectivity index (χ4n) is 2.88. The molecule has 150 valence electrons. The van der Waals surface area contributed by atoms with Gasteiger partial charge in [-0.1, -0.05) is 24.3 Å². The smallest absolute Gasteiger partial charge is 0.191 e. The summed E-state index contributed by atoms with van der Waals surface area (Å²) in [6.07, 6.45) is 0.662. The molecule has 28 heavy (non-hydrogen) atoms. The molecule has 1 unspecified atom stereocenters. The van der Waals surface area contributed by atoms with Crippen molar-refractivity contribution in [2.45, 2.75) is 19.4 Å². The highest BCUT2D eigenvalue weighted by molar-refractivity contribution is 14.0. The Morgan fingerprint density at radius 1 is 1.21 bits per heavy atom. The van der Waals surface area contributed by atoms with E-state index in [0.717, 1.165) is 22.3 Å². The van der Waals surface area contributed by atoms with Crippen LogP contribution in [0, 0.1) is 0 Å². The van der Waals surface area contributed by atoms with Gasteiger partial charge in [-0.25, -0.2) is 0 Å². The van der Waals surface area contributed by atoms with Crippen LogP contribution >= 0.6 is 24.0 Å². The Morgan fingerprint density at radius 3 is 2.68 bits per heavy atom. The quantitative estimate of drug-likeness (QED) is 0.271. The summed E-state index contributed by atoms with van der Waals surface area (Å²) >= 11 is 0. The van der Waals surface area contributed by atoms with Crippen molar-refractivity contribution in [2.24, 2.45) is 4.99 Å². The number of guanidine groups is 1. The second-order valence-electron chi connectivity index (χ2n) is 6.30. The zero-order valence-corrected chi connectivity index (χ0v) is 18.6. The SMILES string of the molecule is CN=C(NCCc1ccc(OC)cc1O)NC(C)c1cc2ccccc2o1.I. The summed E-state index contributed by atoms with van der Waals surface area (Å²) in [6, 6.07) is 15.3. The molecule has 7 heteroatoms. The van der Waals surface area contributed by atoms with Crippen molar-refractivity contribution in [3.63, 3.8) is 0 Å². The number of phenols is 1. The molecule has 1 heterocycles. The van der Waals surface area contributed by atoms with Gasteiger partial charge in [0.2, 0.25) is 0 Å². The van der Waals surface area contributed by atoms with Crippen molar-refractivity contribution < 1.29 is 14.3 Å². The fraction of sp³-hybridized carbons (Fsp3) is 0.286. The standard InChI is InChI=1S/C21H25N3O3.HI/c1-14(20-12-16-6-4-5-7-19(16)27-20)24-21(22-2)23-11-10-15-8-9-17(26-3)13-18(15)25;/h4-9,12-14,25H,10-11H2,1-3H3,(H2,22,23,24);1H. The lowest BCUT2D eigenvalue weighted by Gasteiger charge is -2.16. The molecule has 3 N–H and O–H groups in total. The number of benzene rings is 2. The molecule has 1 atom stereocenters. The van der Waals surface area contributed by atoms with Crippen molar-refractivity contribution in [3.8, 4) is 11.5 Å². The topological polar surface area (TPSA) is 79.0 Å². The van der Waals surface area contributed by atoms with Crippen molar-refractivity contribution in [3.05, 3.63) is 59.9 Å². The van der Waals surface area contributed by atoms with Gasteiger partial charge in [-0.05, 0) is 37.1 Å². The maximum atomic E-state index is 10.0. The van der Waals surface area contributed by atoms with Crippen molar-refractivity contribution in [2.75, 3.05) is 20.7 Å². The molecule has 0 aliphatic rings. The first kappa shape index (κ1) is 21.9. The fourth-order valence-corrected chi connectivity index (χ4v) is 2.88.